The van der Waals surface area contributed by atoms with E-state index < -0.39 is 11.7 Å². The predicted octanol–water partition coefficient (Wildman–Crippen LogP) is 4.95. The molecule has 35 heavy (non-hydrogen) atoms. The number of carbonyl (C=O) groups excluding carboxylic acids is 2. The molecule has 2 aliphatic heterocycles. The summed E-state index contributed by atoms with van der Waals surface area (Å²) in [4.78, 5) is 29.0. The number of ether oxygens (including phenoxy) is 1. The van der Waals surface area contributed by atoms with Crippen molar-refractivity contribution in [3.8, 4) is 11.3 Å². The van der Waals surface area contributed by atoms with E-state index in [1.807, 2.05) is 4.90 Å². The van der Waals surface area contributed by atoms with Crippen LogP contribution in [0.25, 0.3) is 11.3 Å². The van der Waals surface area contributed by atoms with Gasteiger partial charge in [0, 0.05) is 36.3 Å². The van der Waals surface area contributed by atoms with Gasteiger partial charge >= 0.3 is 6.09 Å². The second-order valence-electron chi connectivity index (χ2n) is 8.39. The van der Waals surface area contributed by atoms with Gasteiger partial charge in [0.15, 0.2) is 11.7 Å². The van der Waals surface area contributed by atoms with Crippen LogP contribution in [0.4, 0.5) is 14.9 Å². The fourth-order valence-corrected chi connectivity index (χ4v) is 4.13. The number of aromatic nitrogens is 1. The minimum Gasteiger partial charge on any atom is -0.447 e. The topological polar surface area (TPSA) is 111 Å². The molecule has 2 fully saturated rings. The Bertz CT molecular complexity index is 1210. The normalized spacial score (nSPS) is 16.7. The van der Waals surface area contributed by atoms with Crippen LogP contribution >= 0.6 is 11.6 Å². The Kier molecular flexibility index (Phi) is 7.55. The van der Waals surface area contributed by atoms with Crippen LogP contribution in [0.3, 0.4) is 0 Å². The first kappa shape index (κ1) is 24.5. The number of nitrogens with zero attached hydrogens (tertiary/aromatic N) is 2. The van der Waals surface area contributed by atoms with E-state index >= 15 is 0 Å². The first-order chi connectivity index (χ1) is 16.8. The molecule has 2 amide bonds. The van der Waals surface area contributed by atoms with Crippen molar-refractivity contribution in [3.63, 3.8) is 0 Å². The molecule has 1 aromatic heterocycles. The summed E-state index contributed by atoms with van der Waals surface area (Å²) in [6.45, 7) is 3.45. The molecule has 2 saturated heterocycles. The van der Waals surface area contributed by atoms with Crippen molar-refractivity contribution < 1.29 is 23.1 Å². The van der Waals surface area contributed by atoms with E-state index in [-0.39, 0.29) is 23.9 Å². The third-order valence-electron chi connectivity index (χ3n) is 5.90. The Morgan fingerprint density at radius 1 is 1.29 bits per heavy atom. The Morgan fingerprint density at radius 3 is 2.74 bits per heavy atom. The highest BCUT2D eigenvalue weighted by molar-refractivity contribution is 6.30. The van der Waals surface area contributed by atoms with E-state index in [4.69, 9.17) is 26.5 Å². The Hall–Kier alpha value is -3.59. The van der Waals surface area contributed by atoms with Crippen LogP contribution < -0.4 is 11.1 Å². The number of amides is 2. The maximum absolute atomic E-state index is 14.4. The number of carbonyl (C=O) groups is 2. The van der Waals surface area contributed by atoms with Crippen LogP contribution in [-0.4, -0.2) is 41.1 Å². The summed E-state index contributed by atoms with van der Waals surface area (Å²) in [5, 5.41) is 3.26. The van der Waals surface area contributed by atoms with Crippen LogP contribution in [0.5, 0.6) is 0 Å². The highest BCUT2D eigenvalue weighted by atomic mass is 35.5. The molecule has 10 heteroatoms. The van der Waals surface area contributed by atoms with Gasteiger partial charge in [-0.25, -0.2) is 14.2 Å². The lowest BCUT2D eigenvalue weighted by Crippen LogP contribution is -2.37. The number of hydrogen-bond donors (Lipinski definition) is 2. The van der Waals surface area contributed by atoms with Crippen LogP contribution in [0, 0.1) is 12.7 Å². The number of halogens is 2. The van der Waals surface area contributed by atoms with Crippen LogP contribution in [0.15, 0.2) is 47.0 Å². The van der Waals surface area contributed by atoms with Gasteiger partial charge in [-0.05, 0) is 49.1 Å². The number of aryl methyl sites for hydroxylation is 1. The molecule has 3 N–H and O–H groups in total. The quantitative estimate of drug-likeness (QED) is 0.490. The van der Waals surface area contributed by atoms with Crippen molar-refractivity contribution >= 4 is 29.3 Å². The lowest BCUT2D eigenvalue weighted by Gasteiger charge is -2.25. The number of fused-ring (bicyclic) bond motifs is 1. The van der Waals surface area contributed by atoms with Crippen molar-refractivity contribution in [1.29, 1.82) is 0 Å². The summed E-state index contributed by atoms with van der Waals surface area (Å²) < 4.78 is 24.6. The number of nitrogens with two attached hydrogens (primary N) is 1. The van der Waals surface area contributed by atoms with E-state index in [0.29, 0.717) is 34.9 Å². The van der Waals surface area contributed by atoms with E-state index in [1.54, 1.807) is 31.2 Å². The summed E-state index contributed by atoms with van der Waals surface area (Å²) in [5.74, 6) is -0.451. The highest BCUT2D eigenvalue weighted by Gasteiger charge is 2.34. The fraction of sp³-hybridized carbons (Fsp3) is 0.320. The molecule has 3 aromatic rings. The third-order valence-corrected chi connectivity index (χ3v) is 6.15. The van der Waals surface area contributed by atoms with Crippen molar-refractivity contribution in [2.24, 2.45) is 0 Å². The van der Waals surface area contributed by atoms with Gasteiger partial charge in [0.05, 0.1) is 17.8 Å². The highest BCUT2D eigenvalue weighted by Crippen LogP contribution is 2.29. The van der Waals surface area contributed by atoms with Gasteiger partial charge in [-0.2, -0.15) is 0 Å². The van der Waals surface area contributed by atoms with Crippen LogP contribution in [-0.2, 0) is 11.3 Å². The minimum atomic E-state index is -0.688. The molecule has 0 spiro atoms. The van der Waals surface area contributed by atoms with Gasteiger partial charge in [0.1, 0.15) is 12.4 Å². The average Bonchev–Trinajstić information content (AvgIpc) is 3.46. The van der Waals surface area contributed by atoms with Gasteiger partial charge in [-0.3, -0.25) is 4.79 Å². The Labute approximate surface area is 207 Å². The Morgan fingerprint density at radius 2 is 2.06 bits per heavy atom. The number of oxazole rings is 1. The molecule has 0 saturated carbocycles. The molecule has 2 aliphatic rings. The number of piperidine rings is 1. The van der Waals surface area contributed by atoms with Crippen molar-refractivity contribution in [2.45, 2.75) is 38.8 Å². The van der Waals surface area contributed by atoms with Crippen molar-refractivity contribution in [3.05, 3.63) is 70.5 Å². The first-order valence-corrected chi connectivity index (χ1v) is 11.7. The van der Waals surface area contributed by atoms with Gasteiger partial charge < -0.3 is 25.1 Å². The number of nitrogen functional groups attached to an aromatic ring is 1. The number of rotatable bonds is 4. The number of anilines is 1. The maximum atomic E-state index is 14.4. The van der Waals surface area contributed by atoms with Gasteiger partial charge in [-0.15, -0.1) is 0 Å². The summed E-state index contributed by atoms with van der Waals surface area (Å²) >= 11 is 5.81. The zero-order valence-electron chi connectivity index (χ0n) is 19.2. The third kappa shape index (κ3) is 5.92. The lowest BCUT2D eigenvalue weighted by molar-refractivity contribution is 0.0947. The molecule has 0 aliphatic carbocycles. The van der Waals surface area contributed by atoms with Gasteiger partial charge in [0.25, 0.3) is 5.91 Å². The number of benzene rings is 2. The van der Waals surface area contributed by atoms with Crippen LogP contribution in [0.1, 0.15) is 41.1 Å². The zero-order chi connectivity index (χ0) is 24.9. The molecular weight excluding hydrogens is 475 g/mol. The monoisotopic (exact) mass is 500 g/mol. The van der Waals surface area contributed by atoms with Gasteiger partial charge in [-0.1, -0.05) is 23.7 Å². The van der Waals surface area contributed by atoms with E-state index in [1.165, 1.54) is 24.8 Å². The second-order valence-corrected chi connectivity index (χ2v) is 8.83. The fourth-order valence-electron chi connectivity index (χ4n) is 4.01. The minimum absolute atomic E-state index is 0.107. The SMILES string of the molecule is Cc1ncc(-c2cc(F)c(C(=O)NCc3ccc(Cl)cc3)cc2N)o1.O=C1OC[C@@H]2CCCCN12. The van der Waals surface area contributed by atoms with E-state index in [2.05, 4.69) is 10.3 Å². The summed E-state index contributed by atoms with van der Waals surface area (Å²) in [6, 6.07) is 9.87. The molecule has 8 nitrogen and oxygen atoms in total. The van der Waals surface area contributed by atoms with E-state index in [9.17, 15) is 14.0 Å². The predicted molar refractivity (Wildman–Crippen MR) is 129 cm³/mol. The molecular formula is C25H26ClFN4O4. The standard InChI is InChI=1S/C18H15ClFN3O2.C7H11NO2/c1-10-22-9-17(25-10)14-6-15(20)13(7-16(14)21)18(24)23-8-11-2-4-12(19)5-3-11;9-7-8-4-2-1-3-6(8)5-10-7/h2-7,9H,8,21H2,1H3,(H,23,24);6H,1-5H2/t;6-/m.0/s1. The molecule has 0 unspecified atom stereocenters. The largest absolute Gasteiger partial charge is 0.447 e. The van der Waals surface area contributed by atoms with Gasteiger partial charge in [0.2, 0.25) is 0 Å². The van der Waals surface area contributed by atoms with Crippen molar-refractivity contribution in [2.75, 3.05) is 18.9 Å². The molecule has 0 radical (unpaired) electrons. The zero-order valence-corrected chi connectivity index (χ0v) is 20.0. The number of hydrogen-bond acceptors (Lipinski definition) is 6. The number of cyclic esters (lactones) is 1. The summed E-state index contributed by atoms with van der Waals surface area (Å²) in [7, 11) is 0. The molecule has 5 rings (SSSR count). The van der Waals surface area contributed by atoms with Crippen molar-refractivity contribution in [1.82, 2.24) is 15.2 Å². The number of nitrogens with one attached hydrogen (secondary N) is 1. The summed E-state index contributed by atoms with van der Waals surface area (Å²) in [5.41, 5.74) is 7.24. The van der Waals surface area contributed by atoms with E-state index in [0.717, 1.165) is 24.9 Å². The maximum Gasteiger partial charge on any atom is 0.410 e. The average molecular weight is 501 g/mol. The Balaban J connectivity index is 0.000000239. The van der Waals surface area contributed by atoms with Crippen LogP contribution in [0.2, 0.25) is 5.02 Å². The lowest BCUT2D eigenvalue weighted by atomic mass is 10.0. The molecule has 3 heterocycles. The molecule has 184 valence electrons. The summed E-state index contributed by atoms with van der Waals surface area (Å²) in [6.07, 6.45) is 4.88. The smallest absolute Gasteiger partial charge is 0.410 e. The molecule has 2 aromatic carbocycles. The first-order valence-electron chi connectivity index (χ1n) is 11.3. The molecule has 1 atom stereocenters. The molecule has 0 bridgehead atoms. The second kappa shape index (κ2) is 10.8.